The molecule has 0 heterocycles. The summed E-state index contributed by atoms with van der Waals surface area (Å²) >= 11 is 5.79. The second kappa shape index (κ2) is 4.79. The summed E-state index contributed by atoms with van der Waals surface area (Å²) in [7, 11) is -3.67. The fourth-order valence-electron chi connectivity index (χ4n) is 1.72. The SMILES string of the molecule is Cc1ccc(F)cc1S(=O)(=O)NCC1(CCl)CC1. The van der Waals surface area contributed by atoms with E-state index in [2.05, 4.69) is 4.72 Å². The average Bonchev–Trinajstić information content (AvgIpc) is 3.11. The molecule has 1 N–H and O–H groups in total. The molecular weight excluding hydrogens is 277 g/mol. The number of halogens is 2. The highest BCUT2D eigenvalue weighted by Crippen LogP contribution is 2.46. The van der Waals surface area contributed by atoms with Crippen LogP contribution >= 0.6 is 11.6 Å². The van der Waals surface area contributed by atoms with Crippen molar-refractivity contribution in [2.45, 2.75) is 24.7 Å². The molecule has 0 bridgehead atoms. The second-order valence-electron chi connectivity index (χ2n) is 4.87. The summed E-state index contributed by atoms with van der Waals surface area (Å²) in [6.07, 6.45) is 1.86. The Morgan fingerprint density at radius 2 is 2.11 bits per heavy atom. The van der Waals surface area contributed by atoms with Crippen LogP contribution in [0.1, 0.15) is 18.4 Å². The Bertz CT molecular complexity index is 555. The lowest BCUT2D eigenvalue weighted by Crippen LogP contribution is -2.31. The maximum absolute atomic E-state index is 13.1. The van der Waals surface area contributed by atoms with Crippen molar-refractivity contribution in [1.29, 1.82) is 0 Å². The molecule has 100 valence electrons. The zero-order chi connectivity index (χ0) is 13.4. The Labute approximate surface area is 111 Å². The molecular formula is C12H15ClFNO2S. The normalized spacial score (nSPS) is 17.7. The van der Waals surface area contributed by atoms with Crippen LogP contribution in [0.15, 0.2) is 23.1 Å². The van der Waals surface area contributed by atoms with E-state index in [-0.39, 0.29) is 10.3 Å². The Morgan fingerprint density at radius 3 is 2.67 bits per heavy atom. The maximum Gasteiger partial charge on any atom is 0.240 e. The van der Waals surface area contributed by atoms with Gasteiger partial charge in [0.2, 0.25) is 10.0 Å². The van der Waals surface area contributed by atoms with Crippen LogP contribution in [-0.2, 0) is 10.0 Å². The van der Waals surface area contributed by atoms with Crippen LogP contribution < -0.4 is 4.72 Å². The Morgan fingerprint density at radius 1 is 1.44 bits per heavy atom. The van der Waals surface area contributed by atoms with E-state index in [1.807, 2.05) is 0 Å². The number of hydrogen-bond acceptors (Lipinski definition) is 2. The highest BCUT2D eigenvalue weighted by molar-refractivity contribution is 7.89. The maximum atomic E-state index is 13.1. The van der Waals surface area contributed by atoms with Gasteiger partial charge in [-0.05, 0) is 42.9 Å². The largest absolute Gasteiger partial charge is 0.240 e. The molecule has 0 aromatic heterocycles. The van der Waals surface area contributed by atoms with Gasteiger partial charge in [0, 0.05) is 12.4 Å². The molecule has 0 aliphatic heterocycles. The molecule has 0 spiro atoms. The van der Waals surface area contributed by atoms with E-state index in [0.29, 0.717) is 18.0 Å². The molecule has 18 heavy (non-hydrogen) atoms. The molecule has 1 aromatic rings. The average molecular weight is 292 g/mol. The number of nitrogens with one attached hydrogen (secondary N) is 1. The molecule has 1 aliphatic carbocycles. The van der Waals surface area contributed by atoms with Gasteiger partial charge in [-0.25, -0.2) is 17.5 Å². The first kappa shape index (κ1) is 13.8. The van der Waals surface area contributed by atoms with E-state index < -0.39 is 15.8 Å². The number of benzene rings is 1. The third-order valence-corrected chi connectivity index (χ3v) is 5.43. The zero-order valence-corrected chi connectivity index (χ0v) is 11.6. The summed E-state index contributed by atoms with van der Waals surface area (Å²) in [6.45, 7) is 1.96. The van der Waals surface area contributed by atoms with Crippen LogP contribution in [0.4, 0.5) is 4.39 Å². The number of aryl methyl sites for hydroxylation is 1. The zero-order valence-electron chi connectivity index (χ0n) is 10.0. The van der Waals surface area contributed by atoms with Gasteiger partial charge in [0.15, 0.2) is 0 Å². The molecule has 1 aromatic carbocycles. The summed E-state index contributed by atoms with van der Waals surface area (Å²) in [4.78, 5) is -0.00660. The summed E-state index contributed by atoms with van der Waals surface area (Å²) in [5.74, 6) is -0.114. The van der Waals surface area contributed by atoms with Crippen molar-refractivity contribution in [2.75, 3.05) is 12.4 Å². The van der Waals surface area contributed by atoms with Crippen LogP contribution in [-0.4, -0.2) is 20.8 Å². The smallest absolute Gasteiger partial charge is 0.211 e. The van der Waals surface area contributed by atoms with Gasteiger partial charge in [-0.1, -0.05) is 6.07 Å². The summed E-state index contributed by atoms with van der Waals surface area (Å²) < 4.78 is 39.8. The van der Waals surface area contributed by atoms with Gasteiger partial charge in [-0.2, -0.15) is 0 Å². The van der Waals surface area contributed by atoms with Gasteiger partial charge in [0.25, 0.3) is 0 Å². The molecule has 3 nitrogen and oxygen atoms in total. The van der Waals surface area contributed by atoms with Crippen molar-refractivity contribution < 1.29 is 12.8 Å². The monoisotopic (exact) mass is 291 g/mol. The second-order valence-corrected chi connectivity index (χ2v) is 6.87. The minimum absolute atomic E-state index is 0.00660. The predicted molar refractivity (Wildman–Crippen MR) is 68.7 cm³/mol. The van der Waals surface area contributed by atoms with E-state index in [0.717, 1.165) is 18.9 Å². The highest BCUT2D eigenvalue weighted by Gasteiger charge is 2.42. The van der Waals surface area contributed by atoms with Crippen LogP contribution in [0.5, 0.6) is 0 Å². The summed E-state index contributed by atoms with van der Waals surface area (Å²) in [6, 6.07) is 3.74. The van der Waals surface area contributed by atoms with Crippen molar-refractivity contribution in [1.82, 2.24) is 4.72 Å². The Balaban J connectivity index is 2.18. The van der Waals surface area contributed by atoms with Crippen LogP contribution in [0, 0.1) is 18.2 Å². The quantitative estimate of drug-likeness (QED) is 0.847. The number of alkyl halides is 1. The van der Waals surface area contributed by atoms with E-state index in [1.54, 1.807) is 6.92 Å². The van der Waals surface area contributed by atoms with Gasteiger partial charge < -0.3 is 0 Å². The third kappa shape index (κ3) is 2.84. The van der Waals surface area contributed by atoms with Gasteiger partial charge in [0.05, 0.1) is 4.90 Å². The summed E-state index contributed by atoms with van der Waals surface area (Å²) in [5.41, 5.74) is 0.426. The topological polar surface area (TPSA) is 46.2 Å². The Hall–Kier alpha value is -0.650. The van der Waals surface area contributed by atoms with Crippen molar-refractivity contribution in [3.05, 3.63) is 29.6 Å². The first-order valence-corrected chi connectivity index (χ1v) is 7.72. The molecule has 2 rings (SSSR count). The molecule has 1 fully saturated rings. The van der Waals surface area contributed by atoms with Crippen LogP contribution in [0.3, 0.4) is 0 Å². The fraction of sp³-hybridized carbons (Fsp3) is 0.500. The number of sulfonamides is 1. The Kier molecular flexibility index (Phi) is 3.67. The molecule has 1 saturated carbocycles. The molecule has 1 aliphatic rings. The number of rotatable bonds is 5. The third-order valence-electron chi connectivity index (χ3n) is 3.32. The van der Waals surface area contributed by atoms with E-state index >= 15 is 0 Å². The lowest BCUT2D eigenvalue weighted by Gasteiger charge is -2.14. The predicted octanol–water partition coefficient (Wildman–Crippen LogP) is 2.43. The summed E-state index contributed by atoms with van der Waals surface area (Å²) in [5, 5.41) is 0. The lowest BCUT2D eigenvalue weighted by molar-refractivity contribution is 0.533. The standard InChI is InChI=1S/C12H15ClFNO2S/c1-9-2-3-10(14)6-11(9)18(16,17)15-8-12(7-13)4-5-12/h2-3,6,15H,4-5,7-8H2,1H3. The van der Waals surface area contributed by atoms with Gasteiger partial charge in [-0.3, -0.25) is 0 Å². The minimum atomic E-state index is -3.67. The van der Waals surface area contributed by atoms with Gasteiger partial charge >= 0.3 is 0 Å². The molecule has 0 atom stereocenters. The van der Waals surface area contributed by atoms with E-state index in [4.69, 9.17) is 11.6 Å². The molecule has 0 saturated heterocycles. The first-order valence-electron chi connectivity index (χ1n) is 5.70. The lowest BCUT2D eigenvalue weighted by atomic mass is 10.1. The van der Waals surface area contributed by atoms with Crippen molar-refractivity contribution in [3.63, 3.8) is 0 Å². The molecule has 6 heteroatoms. The minimum Gasteiger partial charge on any atom is -0.211 e. The molecule has 0 radical (unpaired) electrons. The number of hydrogen-bond donors (Lipinski definition) is 1. The highest BCUT2D eigenvalue weighted by atomic mass is 35.5. The fourth-order valence-corrected chi connectivity index (χ4v) is 3.50. The first-order chi connectivity index (χ1) is 8.38. The molecule has 0 amide bonds. The van der Waals surface area contributed by atoms with Crippen LogP contribution in [0.2, 0.25) is 0 Å². The van der Waals surface area contributed by atoms with Gasteiger partial charge in [-0.15, -0.1) is 11.6 Å². The van der Waals surface area contributed by atoms with Crippen molar-refractivity contribution in [3.8, 4) is 0 Å². The van der Waals surface area contributed by atoms with E-state index in [1.165, 1.54) is 12.1 Å². The van der Waals surface area contributed by atoms with E-state index in [9.17, 15) is 12.8 Å². The van der Waals surface area contributed by atoms with Crippen molar-refractivity contribution in [2.24, 2.45) is 5.41 Å². The van der Waals surface area contributed by atoms with Gasteiger partial charge in [0.1, 0.15) is 5.82 Å². The van der Waals surface area contributed by atoms with Crippen molar-refractivity contribution >= 4 is 21.6 Å². The molecule has 0 unspecified atom stereocenters. The van der Waals surface area contributed by atoms with Crippen LogP contribution in [0.25, 0.3) is 0 Å².